The van der Waals surface area contributed by atoms with Crippen LogP contribution < -0.4 is 48.5 Å². The molecule has 10 nitrogen and oxygen atoms in total. The number of nitrogens with one attached hydrogen (secondary N) is 2. The average Bonchev–Trinajstić information content (AvgIpc) is 3.94. The van der Waals surface area contributed by atoms with Gasteiger partial charge in [-0.3, -0.25) is 0 Å². The van der Waals surface area contributed by atoms with Gasteiger partial charge in [0.1, 0.15) is 42.0 Å². The molecule has 0 aromatic heterocycles. The molecule has 0 atom stereocenters. The summed E-state index contributed by atoms with van der Waals surface area (Å²) in [5.41, 5.74) is 2.12. The highest BCUT2D eigenvalue weighted by Gasteiger charge is 2.19. The Balaban J connectivity index is 0.000000224. The lowest BCUT2D eigenvalue weighted by molar-refractivity contribution is 0.209. The molecule has 0 spiro atoms. The SMILES string of the molecule is COc1ccc(OC2CCCC2)cc1CNCCOc1cc(F)ccc1OC(C)C.COc1ccc(OC2CCCC2)cc1CNCCOc1ccccc1OC(C)C. The molecular weight excluding hydrogens is 752 g/mol. The maximum atomic E-state index is 13.6. The highest BCUT2D eigenvalue weighted by Crippen LogP contribution is 2.32. The Morgan fingerprint density at radius 2 is 0.983 bits per heavy atom. The smallest absolute Gasteiger partial charge is 0.164 e. The van der Waals surface area contributed by atoms with Crippen LogP contribution in [0.25, 0.3) is 0 Å². The lowest BCUT2D eigenvalue weighted by Crippen LogP contribution is -2.21. The molecule has 0 aliphatic heterocycles. The van der Waals surface area contributed by atoms with Crippen LogP contribution in [0.15, 0.2) is 78.9 Å². The summed E-state index contributed by atoms with van der Waals surface area (Å²) in [7, 11) is 3.37. The molecule has 11 heteroatoms. The van der Waals surface area contributed by atoms with Crippen molar-refractivity contribution in [1.29, 1.82) is 0 Å². The van der Waals surface area contributed by atoms with Crippen LogP contribution in [0.4, 0.5) is 4.39 Å². The Labute approximate surface area is 351 Å². The Kier molecular flexibility index (Phi) is 18.6. The van der Waals surface area contributed by atoms with Crippen LogP contribution in [0.2, 0.25) is 0 Å². The molecule has 0 unspecified atom stereocenters. The highest BCUT2D eigenvalue weighted by atomic mass is 19.1. The number of hydrogen-bond acceptors (Lipinski definition) is 10. The number of methoxy groups -OCH3 is 2. The number of benzene rings is 4. The van der Waals surface area contributed by atoms with E-state index in [0.717, 1.165) is 71.3 Å². The zero-order chi connectivity index (χ0) is 41.8. The van der Waals surface area contributed by atoms with Crippen molar-refractivity contribution >= 4 is 0 Å². The molecule has 59 heavy (non-hydrogen) atoms. The van der Waals surface area contributed by atoms with Crippen LogP contribution in [-0.2, 0) is 13.1 Å². The average molecular weight is 817 g/mol. The maximum Gasteiger partial charge on any atom is 0.164 e. The van der Waals surface area contributed by atoms with Gasteiger partial charge in [0, 0.05) is 43.4 Å². The fourth-order valence-electron chi connectivity index (χ4n) is 7.11. The summed E-state index contributed by atoms with van der Waals surface area (Å²) in [6.45, 7) is 11.4. The van der Waals surface area contributed by atoms with Gasteiger partial charge in [-0.2, -0.15) is 0 Å². The second kappa shape index (κ2) is 24.3. The third-order valence-electron chi connectivity index (χ3n) is 9.90. The third kappa shape index (κ3) is 15.3. The largest absolute Gasteiger partial charge is 0.496 e. The van der Waals surface area contributed by atoms with Crippen LogP contribution >= 0.6 is 0 Å². The van der Waals surface area contributed by atoms with E-state index in [-0.39, 0.29) is 18.0 Å². The van der Waals surface area contributed by atoms with Gasteiger partial charge >= 0.3 is 0 Å². The summed E-state index contributed by atoms with van der Waals surface area (Å²) in [6.07, 6.45) is 10.3. The zero-order valence-corrected chi connectivity index (χ0v) is 35.9. The van der Waals surface area contributed by atoms with E-state index in [0.29, 0.717) is 63.1 Å². The summed E-state index contributed by atoms with van der Waals surface area (Å²) in [6, 6.07) is 24.1. The number of halogens is 1. The van der Waals surface area contributed by atoms with Gasteiger partial charge in [0.2, 0.25) is 0 Å². The van der Waals surface area contributed by atoms with Crippen molar-refractivity contribution in [1.82, 2.24) is 10.6 Å². The normalized spacial score (nSPS) is 14.2. The van der Waals surface area contributed by atoms with Crippen molar-refractivity contribution in [3.63, 3.8) is 0 Å². The number of ether oxygens (including phenoxy) is 8. The Morgan fingerprint density at radius 3 is 1.46 bits per heavy atom. The van der Waals surface area contributed by atoms with Crippen LogP contribution in [0.5, 0.6) is 46.0 Å². The first kappa shape index (κ1) is 45.2. The van der Waals surface area contributed by atoms with E-state index >= 15 is 0 Å². The van der Waals surface area contributed by atoms with Crippen LogP contribution in [0.3, 0.4) is 0 Å². The fourth-order valence-corrected chi connectivity index (χ4v) is 7.11. The predicted octanol–water partition coefficient (Wildman–Crippen LogP) is 10.1. The number of hydrogen-bond donors (Lipinski definition) is 2. The van der Waals surface area contributed by atoms with Crippen molar-refractivity contribution in [3.8, 4) is 46.0 Å². The lowest BCUT2D eigenvalue weighted by Gasteiger charge is -2.17. The van der Waals surface area contributed by atoms with Gasteiger partial charge in [-0.1, -0.05) is 12.1 Å². The lowest BCUT2D eigenvalue weighted by atomic mass is 10.2. The first-order valence-corrected chi connectivity index (χ1v) is 21.3. The van der Waals surface area contributed by atoms with Crippen molar-refractivity contribution in [2.24, 2.45) is 0 Å². The van der Waals surface area contributed by atoms with Crippen LogP contribution in [-0.4, -0.2) is 64.9 Å². The molecule has 4 aromatic carbocycles. The minimum absolute atomic E-state index is 0.0119. The van der Waals surface area contributed by atoms with Gasteiger partial charge in [-0.05, 0) is 140 Å². The van der Waals surface area contributed by atoms with Gasteiger partial charge in [-0.25, -0.2) is 4.39 Å². The van der Waals surface area contributed by atoms with Crippen LogP contribution in [0.1, 0.15) is 90.2 Å². The standard InChI is InChI=1S/C24H32FNO4.C24H33NO4/c1-17(2)29-23-10-8-19(25)15-24(23)28-13-12-26-16-18-14-21(9-11-22(18)27-3)30-20-6-4-5-7-20;1-18(2)28-24-11-7-6-10-23(24)27-15-14-25-17-19-16-21(12-13-22(19)26-3)29-20-8-4-5-9-20/h8-11,14-15,17,20,26H,4-7,12-13,16H2,1-3H3;6-7,10-13,16,18,20,25H,4-5,8-9,14-15,17H2,1-3H3. The Morgan fingerprint density at radius 1 is 0.542 bits per heavy atom. The molecule has 2 N–H and O–H groups in total. The van der Waals surface area contributed by atoms with Gasteiger partial charge in [-0.15, -0.1) is 0 Å². The molecule has 2 saturated carbocycles. The molecule has 2 aliphatic carbocycles. The molecule has 322 valence electrons. The third-order valence-corrected chi connectivity index (χ3v) is 9.90. The number of para-hydroxylation sites is 2. The van der Waals surface area contributed by atoms with Crippen molar-refractivity contribution < 1.29 is 42.3 Å². The second-order valence-electron chi connectivity index (χ2n) is 15.4. The minimum Gasteiger partial charge on any atom is -0.496 e. The van der Waals surface area contributed by atoms with E-state index in [1.807, 2.05) is 82.3 Å². The summed E-state index contributed by atoms with van der Waals surface area (Å²) >= 11 is 0. The Hall–Kier alpha value is -4.87. The predicted molar refractivity (Wildman–Crippen MR) is 231 cm³/mol. The first-order chi connectivity index (χ1) is 28.7. The van der Waals surface area contributed by atoms with Gasteiger partial charge in [0.25, 0.3) is 0 Å². The molecule has 2 aliphatic rings. The van der Waals surface area contributed by atoms with E-state index in [4.69, 9.17) is 37.9 Å². The van der Waals surface area contributed by atoms with E-state index in [1.54, 1.807) is 20.3 Å². The van der Waals surface area contributed by atoms with Crippen molar-refractivity contribution in [3.05, 3.63) is 95.8 Å². The second-order valence-corrected chi connectivity index (χ2v) is 15.4. The summed E-state index contributed by atoms with van der Waals surface area (Å²) in [5, 5.41) is 6.77. The summed E-state index contributed by atoms with van der Waals surface area (Å²) < 4.78 is 59.9. The molecule has 0 bridgehead atoms. The van der Waals surface area contributed by atoms with Crippen LogP contribution in [0, 0.1) is 5.82 Å². The fraction of sp³-hybridized carbons (Fsp3) is 0.500. The minimum atomic E-state index is -0.349. The molecule has 0 heterocycles. The zero-order valence-electron chi connectivity index (χ0n) is 35.9. The molecule has 2 fully saturated rings. The molecule has 0 amide bonds. The quantitative estimate of drug-likeness (QED) is 0.0747. The molecule has 0 saturated heterocycles. The maximum absolute atomic E-state index is 13.6. The van der Waals surface area contributed by atoms with Crippen molar-refractivity contribution in [2.75, 3.05) is 40.5 Å². The topological polar surface area (TPSA) is 97.9 Å². The van der Waals surface area contributed by atoms with E-state index in [9.17, 15) is 4.39 Å². The molecule has 0 radical (unpaired) electrons. The monoisotopic (exact) mass is 816 g/mol. The van der Waals surface area contributed by atoms with E-state index in [1.165, 1.54) is 37.8 Å². The molecular formula is C48H65FN2O8. The number of rotatable bonds is 22. The summed E-state index contributed by atoms with van der Waals surface area (Å²) in [4.78, 5) is 0. The van der Waals surface area contributed by atoms with Gasteiger partial charge < -0.3 is 48.5 Å². The van der Waals surface area contributed by atoms with Gasteiger partial charge in [0.05, 0.1) is 38.6 Å². The summed E-state index contributed by atoms with van der Waals surface area (Å²) in [5.74, 6) is 5.65. The van der Waals surface area contributed by atoms with E-state index in [2.05, 4.69) is 16.7 Å². The van der Waals surface area contributed by atoms with Crippen molar-refractivity contribution in [2.45, 2.75) is 117 Å². The molecule has 4 aromatic rings. The highest BCUT2D eigenvalue weighted by molar-refractivity contribution is 5.42. The van der Waals surface area contributed by atoms with Gasteiger partial charge in [0.15, 0.2) is 23.0 Å². The first-order valence-electron chi connectivity index (χ1n) is 21.3. The molecule has 6 rings (SSSR count). The van der Waals surface area contributed by atoms with E-state index < -0.39 is 0 Å². The Bertz CT molecular complexity index is 1830.